The summed E-state index contributed by atoms with van der Waals surface area (Å²) in [5, 5.41) is 0. The van der Waals surface area contributed by atoms with Crippen molar-refractivity contribution in [2.75, 3.05) is 7.11 Å². The first-order valence-corrected chi connectivity index (χ1v) is 13.9. The van der Waals surface area contributed by atoms with Crippen molar-refractivity contribution >= 4 is 22.8 Å². The maximum absolute atomic E-state index is 6.20. The van der Waals surface area contributed by atoms with Crippen LogP contribution in [0.4, 0.5) is 11.4 Å². The van der Waals surface area contributed by atoms with Crippen LogP contribution in [0, 0.1) is 6.92 Å². The fourth-order valence-corrected chi connectivity index (χ4v) is 5.56. The Balaban J connectivity index is 1.52. The number of hydrogen-bond donors (Lipinski definition) is 0. The number of para-hydroxylation sites is 2. The minimum atomic E-state index is 0.757. The summed E-state index contributed by atoms with van der Waals surface area (Å²) >= 11 is 0. The molecule has 202 valence electrons. The zero-order valence-corrected chi connectivity index (χ0v) is 23.4. The quantitative estimate of drug-likeness (QED) is 0.217. The van der Waals surface area contributed by atoms with Crippen LogP contribution in [0.15, 0.2) is 148 Å². The standard InChI is InChI=1S/C38H28N2O2/c1-25-24-42-38-32-23-28(41-2)21-22-31(32)36(39-33-19-11-9-17-29(33)26-13-5-3-6-14-26)37(35(25)38)40-34-20-12-10-18-30(34)27-15-7-4-8-16-27/h3-24H,1-2H3/b39-36+,40-37+. The summed E-state index contributed by atoms with van der Waals surface area (Å²) in [6.45, 7) is 2.06. The van der Waals surface area contributed by atoms with E-state index in [0.29, 0.717) is 0 Å². The Bertz CT molecular complexity index is 1970. The maximum Gasteiger partial charge on any atom is 0.144 e. The SMILES string of the molecule is COc1ccc2c(c1)-c1occ(C)c1C(=N\c1ccccc1-c1ccccc1)/C2=N/c1ccccc1-c1ccccc1. The molecule has 4 nitrogen and oxygen atoms in total. The van der Waals surface area contributed by atoms with Crippen LogP contribution in [0.25, 0.3) is 33.6 Å². The average Bonchev–Trinajstić information content (AvgIpc) is 3.45. The molecule has 0 fully saturated rings. The van der Waals surface area contributed by atoms with Crippen molar-refractivity contribution in [2.24, 2.45) is 9.98 Å². The monoisotopic (exact) mass is 544 g/mol. The van der Waals surface area contributed by atoms with Gasteiger partial charge in [0.25, 0.3) is 0 Å². The molecule has 0 aliphatic heterocycles. The minimum absolute atomic E-state index is 0.757. The van der Waals surface area contributed by atoms with Gasteiger partial charge in [0, 0.05) is 22.3 Å². The van der Waals surface area contributed by atoms with Gasteiger partial charge in [-0.15, -0.1) is 0 Å². The molecule has 0 atom stereocenters. The highest BCUT2D eigenvalue weighted by Gasteiger charge is 2.32. The molecule has 0 amide bonds. The van der Waals surface area contributed by atoms with E-state index >= 15 is 0 Å². The molecule has 7 rings (SSSR count). The van der Waals surface area contributed by atoms with E-state index < -0.39 is 0 Å². The maximum atomic E-state index is 6.20. The molecule has 1 heterocycles. The van der Waals surface area contributed by atoms with E-state index in [1.807, 2.05) is 42.5 Å². The summed E-state index contributed by atoms with van der Waals surface area (Å²) in [7, 11) is 1.68. The van der Waals surface area contributed by atoms with E-state index in [1.54, 1.807) is 13.4 Å². The van der Waals surface area contributed by atoms with Crippen molar-refractivity contribution in [2.45, 2.75) is 6.92 Å². The Morgan fingerprint density at radius 2 is 1.10 bits per heavy atom. The fourth-order valence-electron chi connectivity index (χ4n) is 5.56. The molecule has 5 aromatic carbocycles. The number of ether oxygens (including phenoxy) is 1. The number of nitrogens with zero attached hydrogens (tertiary/aromatic N) is 2. The van der Waals surface area contributed by atoms with Gasteiger partial charge >= 0.3 is 0 Å². The van der Waals surface area contributed by atoms with Gasteiger partial charge in [0.05, 0.1) is 36.0 Å². The summed E-state index contributed by atoms with van der Waals surface area (Å²) in [4.78, 5) is 10.8. The smallest absolute Gasteiger partial charge is 0.144 e. The first-order valence-electron chi connectivity index (χ1n) is 13.9. The van der Waals surface area contributed by atoms with Crippen LogP contribution in [0.2, 0.25) is 0 Å². The van der Waals surface area contributed by atoms with E-state index in [4.69, 9.17) is 19.1 Å². The van der Waals surface area contributed by atoms with Gasteiger partial charge in [-0.1, -0.05) is 97.1 Å². The number of hydrogen-bond acceptors (Lipinski definition) is 4. The van der Waals surface area contributed by atoms with Gasteiger partial charge in [0.1, 0.15) is 17.2 Å². The number of benzene rings is 5. The lowest BCUT2D eigenvalue weighted by atomic mass is 9.85. The lowest BCUT2D eigenvalue weighted by molar-refractivity contribution is 0.415. The van der Waals surface area contributed by atoms with Gasteiger partial charge in [-0.3, -0.25) is 0 Å². The number of aryl methyl sites for hydroxylation is 1. The Morgan fingerprint density at radius 3 is 1.69 bits per heavy atom. The van der Waals surface area contributed by atoms with Crippen LogP contribution in [0.1, 0.15) is 16.7 Å². The molecule has 4 heteroatoms. The first kappa shape index (κ1) is 25.5. The third kappa shape index (κ3) is 4.53. The molecule has 1 aromatic heterocycles. The molecule has 0 radical (unpaired) electrons. The van der Waals surface area contributed by atoms with Crippen LogP contribution in [0.5, 0.6) is 5.75 Å². The molecular weight excluding hydrogens is 516 g/mol. The number of aliphatic imine (C=N–C) groups is 2. The first-order chi connectivity index (χ1) is 20.7. The third-order valence-corrected chi connectivity index (χ3v) is 7.60. The van der Waals surface area contributed by atoms with Crippen LogP contribution in [-0.2, 0) is 0 Å². The molecule has 1 aliphatic carbocycles. The Kier molecular flexibility index (Phi) is 6.57. The van der Waals surface area contributed by atoms with Crippen molar-refractivity contribution in [3.05, 3.63) is 150 Å². The summed E-state index contributed by atoms with van der Waals surface area (Å²) in [5.74, 6) is 1.53. The number of furan rings is 1. The molecule has 42 heavy (non-hydrogen) atoms. The topological polar surface area (TPSA) is 47.1 Å². The zero-order chi connectivity index (χ0) is 28.5. The van der Waals surface area contributed by atoms with Gasteiger partial charge < -0.3 is 9.15 Å². The van der Waals surface area contributed by atoms with E-state index in [0.717, 1.165) is 78.8 Å². The summed E-state index contributed by atoms with van der Waals surface area (Å²) in [5.41, 5.74) is 11.4. The van der Waals surface area contributed by atoms with Gasteiger partial charge in [-0.2, -0.15) is 0 Å². The summed E-state index contributed by atoms with van der Waals surface area (Å²) < 4.78 is 11.8. The molecule has 0 N–H and O–H groups in total. The van der Waals surface area contributed by atoms with Gasteiger partial charge in [-0.05, 0) is 53.9 Å². The highest BCUT2D eigenvalue weighted by molar-refractivity contribution is 6.57. The minimum Gasteiger partial charge on any atom is -0.497 e. The Morgan fingerprint density at radius 1 is 0.548 bits per heavy atom. The van der Waals surface area contributed by atoms with Crippen molar-refractivity contribution in [3.8, 4) is 39.3 Å². The largest absolute Gasteiger partial charge is 0.497 e. The van der Waals surface area contributed by atoms with Crippen molar-refractivity contribution in [1.29, 1.82) is 0 Å². The number of fused-ring (bicyclic) bond motifs is 3. The van der Waals surface area contributed by atoms with Crippen molar-refractivity contribution in [1.82, 2.24) is 0 Å². The second kappa shape index (κ2) is 10.8. The van der Waals surface area contributed by atoms with Crippen molar-refractivity contribution in [3.63, 3.8) is 0 Å². The molecule has 6 aromatic rings. The van der Waals surface area contributed by atoms with Crippen LogP contribution in [0.3, 0.4) is 0 Å². The average molecular weight is 545 g/mol. The van der Waals surface area contributed by atoms with Crippen molar-refractivity contribution < 1.29 is 9.15 Å². The van der Waals surface area contributed by atoms with Gasteiger partial charge in [0.15, 0.2) is 0 Å². The van der Waals surface area contributed by atoms with Crippen LogP contribution < -0.4 is 4.74 Å². The van der Waals surface area contributed by atoms with E-state index in [2.05, 4.69) is 91.9 Å². The van der Waals surface area contributed by atoms with E-state index in [1.165, 1.54) is 0 Å². The van der Waals surface area contributed by atoms with E-state index in [9.17, 15) is 0 Å². The predicted octanol–water partition coefficient (Wildman–Crippen LogP) is 9.85. The summed E-state index contributed by atoms with van der Waals surface area (Å²) in [6.07, 6.45) is 1.80. The molecule has 0 saturated carbocycles. The number of rotatable bonds is 5. The predicted molar refractivity (Wildman–Crippen MR) is 172 cm³/mol. The second-order valence-corrected chi connectivity index (χ2v) is 10.2. The third-order valence-electron chi connectivity index (χ3n) is 7.60. The lowest BCUT2D eigenvalue weighted by Crippen LogP contribution is -2.23. The molecule has 0 saturated heterocycles. The van der Waals surface area contributed by atoms with E-state index in [-0.39, 0.29) is 0 Å². The number of methoxy groups -OCH3 is 1. The lowest BCUT2D eigenvalue weighted by Gasteiger charge is -2.22. The molecule has 1 aliphatic rings. The Hall–Kier alpha value is -5.48. The summed E-state index contributed by atoms with van der Waals surface area (Å²) in [6, 6.07) is 43.2. The van der Waals surface area contributed by atoms with Crippen LogP contribution in [-0.4, -0.2) is 18.5 Å². The fraction of sp³-hybridized carbons (Fsp3) is 0.0526. The highest BCUT2D eigenvalue weighted by atomic mass is 16.5. The highest BCUT2D eigenvalue weighted by Crippen LogP contribution is 2.42. The molecule has 0 spiro atoms. The zero-order valence-electron chi connectivity index (χ0n) is 23.4. The van der Waals surface area contributed by atoms with Gasteiger partial charge in [-0.25, -0.2) is 9.98 Å². The normalized spacial score (nSPS) is 14.0. The molecular formula is C38H28N2O2. The Labute approximate surface area is 245 Å². The molecule has 0 bridgehead atoms. The molecule has 0 unspecified atom stereocenters. The van der Waals surface area contributed by atoms with Crippen LogP contribution >= 0.6 is 0 Å². The van der Waals surface area contributed by atoms with Gasteiger partial charge in [0.2, 0.25) is 0 Å². The second-order valence-electron chi connectivity index (χ2n) is 10.2.